The normalized spacial score (nSPS) is 15.0. The fourth-order valence-electron chi connectivity index (χ4n) is 3.54. The van der Waals surface area contributed by atoms with E-state index in [1.165, 1.54) is 0 Å². The number of benzene rings is 3. The predicted molar refractivity (Wildman–Crippen MR) is 102 cm³/mol. The van der Waals surface area contributed by atoms with E-state index in [-0.39, 0.29) is 0 Å². The Morgan fingerprint density at radius 3 is 1.92 bits per heavy atom. The van der Waals surface area contributed by atoms with Crippen molar-refractivity contribution in [3.05, 3.63) is 102 Å². The van der Waals surface area contributed by atoms with Gasteiger partial charge in [-0.05, 0) is 23.6 Å². The number of hydrogen-bond donors (Lipinski definition) is 0. The second-order valence-electron chi connectivity index (χ2n) is 6.30. The summed E-state index contributed by atoms with van der Waals surface area (Å²) in [5, 5.41) is 0. The number of fused-ring (bicyclic) bond motifs is 1. The maximum absolute atomic E-state index is 6.12. The van der Waals surface area contributed by atoms with E-state index in [1.807, 2.05) is 24.3 Å². The second kappa shape index (κ2) is 6.56. The van der Waals surface area contributed by atoms with Crippen LogP contribution in [0.1, 0.15) is 36.5 Å². The minimum Gasteiger partial charge on any atom is -0.443 e. The van der Waals surface area contributed by atoms with Gasteiger partial charge in [0.05, 0.1) is 0 Å². The molecular formula is C23H21NO. The first-order valence-electron chi connectivity index (χ1n) is 8.81. The summed E-state index contributed by atoms with van der Waals surface area (Å²) < 4.78 is 6.12. The van der Waals surface area contributed by atoms with Crippen molar-refractivity contribution in [3.8, 4) is 5.75 Å². The standard InChI is InChI=1S/C23H21NO/c1-2-11-22-24-23(18-12-5-3-6-13-18,19-14-7-4-8-15-19)20-16-9-10-17-21(20)25-22/h3-10,12-17H,2,11H2,1H3. The molecule has 2 heteroatoms. The van der Waals surface area contributed by atoms with Crippen LogP contribution in [-0.4, -0.2) is 5.90 Å². The van der Waals surface area contributed by atoms with Crippen molar-refractivity contribution in [2.45, 2.75) is 25.3 Å². The third-order valence-corrected chi connectivity index (χ3v) is 4.64. The topological polar surface area (TPSA) is 21.6 Å². The van der Waals surface area contributed by atoms with Gasteiger partial charge in [0.25, 0.3) is 0 Å². The number of ether oxygens (including phenoxy) is 1. The summed E-state index contributed by atoms with van der Waals surface area (Å²) in [7, 11) is 0. The van der Waals surface area contributed by atoms with Crippen LogP contribution in [0.25, 0.3) is 0 Å². The highest BCUT2D eigenvalue weighted by Gasteiger charge is 2.41. The highest BCUT2D eigenvalue weighted by atomic mass is 16.5. The SMILES string of the molecule is CCCC1=NC(c2ccccc2)(c2ccccc2)c2ccccc2O1. The molecule has 0 amide bonds. The molecular weight excluding hydrogens is 306 g/mol. The molecule has 0 bridgehead atoms. The monoisotopic (exact) mass is 327 g/mol. The highest BCUT2D eigenvalue weighted by Crippen LogP contribution is 2.47. The van der Waals surface area contributed by atoms with E-state index in [0.29, 0.717) is 0 Å². The van der Waals surface area contributed by atoms with Crippen molar-refractivity contribution >= 4 is 5.90 Å². The Bertz CT molecular complexity index is 845. The van der Waals surface area contributed by atoms with Gasteiger partial charge >= 0.3 is 0 Å². The molecule has 0 saturated carbocycles. The highest BCUT2D eigenvalue weighted by molar-refractivity contribution is 5.83. The van der Waals surface area contributed by atoms with E-state index in [1.54, 1.807) is 0 Å². The average Bonchev–Trinajstić information content (AvgIpc) is 2.69. The Morgan fingerprint density at radius 2 is 1.32 bits per heavy atom. The third kappa shape index (κ3) is 2.64. The molecule has 0 atom stereocenters. The van der Waals surface area contributed by atoms with Crippen molar-refractivity contribution in [3.63, 3.8) is 0 Å². The molecule has 0 unspecified atom stereocenters. The molecule has 0 fully saturated rings. The predicted octanol–water partition coefficient (Wildman–Crippen LogP) is 5.57. The zero-order valence-corrected chi connectivity index (χ0v) is 14.4. The summed E-state index contributed by atoms with van der Waals surface area (Å²) in [5.41, 5.74) is 2.84. The molecule has 2 nitrogen and oxygen atoms in total. The first kappa shape index (κ1) is 15.6. The Labute approximate surface area is 148 Å². The number of para-hydroxylation sites is 1. The van der Waals surface area contributed by atoms with Gasteiger partial charge in [-0.15, -0.1) is 0 Å². The lowest BCUT2D eigenvalue weighted by atomic mass is 9.76. The van der Waals surface area contributed by atoms with Crippen LogP contribution in [0.4, 0.5) is 0 Å². The molecule has 1 aliphatic heterocycles. The van der Waals surface area contributed by atoms with E-state index in [9.17, 15) is 0 Å². The minimum absolute atomic E-state index is 0.568. The Morgan fingerprint density at radius 1 is 0.760 bits per heavy atom. The Kier molecular flexibility index (Phi) is 4.10. The van der Waals surface area contributed by atoms with Gasteiger partial charge < -0.3 is 4.74 Å². The molecule has 0 radical (unpaired) electrons. The Balaban J connectivity index is 2.06. The zero-order chi connectivity index (χ0) is 17.1. The van der Waals surface area contributed by atoms with Crippen molar-refractivity contribution in [2.75, 3.05) is 0 Å². The molecule has 1 aliphatic rings. The molecule has 0 aliphatic carbocycles. The van der Waals surface area contributed by atoms with Crippen LogP contribution in [0.2, 0.25) is 0 Å². The van der Waals surface area contributed by atoms with Gasteiger partial charge in [-0.3, -0.25) is 0 Å². The summed E-state index contributed by atoms with van der Waals surface area (Å²) in [5.74, 6) is 1.70. The summed E-state index contributed by atoms with van der Waals surface area (Å²) in [4.78, 5) is 5.18. The van der Waals surface area contributed by atoms with Gasteiger partial charge in [0.1, 0.15) is 11.3 Å². The number of rotatable bonds is 4. The number of aliphatic imine (C=N–C) groups is 1. The molecule has 0 spiro atoms. The molecule has 0 saturated heterocycles. The van der Waals surface area contributed by atoms with Crippen LogP contribution < -0.4 is 4.74 Å². The number of hydrogen-bond acceptors (Lipinski definition) is 2. The molecule has 0 aromatic heterocycles. The van der Waals surface area contributed by atoms with E-state index < -0.39 is 5.54 Å². The van der Waals surface area contributed by atoms with Crippen molar-refractivity contribution in [1.82, 2.24) is 0 Å². The van der Waals surface area contributed by atoms with Gasteiger partial charge in [0, 0.05) is 12.0 Å². The van der Waals surface area contributed by atoms with E-state index in [2.05, 4.69) is 67.6 Å². The molecule has 25 heavy (non-hydrogen) atoms. The summed E-state index contributed by atoms with van der Waals surface area (Å²) in [6.07, 6.45) is 1.83. The first-order chi connectivity index (χ1) is 12.3. The smallest absolute Gasteiger partial charge is 0.191 e. The fourth-order valence-corrected chi connectivity index (χ4v) is 3.54. The van der Waals surface area contributed by atoms with Crippen LogP contribution in [0.5, 0.6) is 5.75 Å². The largest absolute Gasteiger partial charge is 0.443 e. The summed E-state index contributed by atoms with van der Waals surface area (Å²) >= 11 is 0. The molecule has 3 aromatic carbocycles. The lowest BCUT2D eigenvalue weighted by molar-refractivity contribution is 0.458. The molecule has 0 N–H and O–H groups in total. The summed E-state index contributed by atoms with van der Waals surface area (Å²) in [6, 6.07) is 29.3. The maximum atomic E-state index is 6.12. The fraction of sp³-hybridized carbons (Fsp3) is 0.174. The van der Waals surface area contributed by atoms with Crippen LogP contribution >= 0.6 is 0 Å². The average molecular weight is 327 g/mol. The van der Waals surface area contributed by atoms with Gasteiger partial charge in [-0.25, -0.2) is 4.99 Å². The van der Waals surface area contributed by atoms with Gasteiger partial charge in [0.2, 0.25) is 0 Å². The van der Waals surface area contributed by atoms with E-state index in [0.717, 1.165) is 41.2 Å². The van der Waals surface area contributed by atoms with Crippen LogP contribution in [0.3, 0.4) is 0 Å². The maximum Gasteiger partial charge on any atom is 0.191 e. The minimum atomic E-state index is -0.568. The van der Waals surface area contributed by atoms with Crippen LogP contribution in [0, 0.1) is 0 Å². The quantitative estimate of drug-likeness (QED) is 0.614. The number of nitrogens with zero attached hydrogens (tertiary/aromatic N) is 1. The molecule has 1 heterocycles. The lowest BCUT2D eigenvalue weighted by Gasteiger charge is -2.37. The summed E-state index contributed by atoms with van der Waals surface area (Å²) in [6.45, 7) is 2.15. The van der Waals surface area contributed by atoms with Gasteiger partial charge in [-0.1, -0.05) is 85.8 Å². The van der Waals surface area contributed by atoms with E-state index in [4.69, 9.17) is 9.73 Å². The van der Waals surface area contributed by atoms with Crippen LogP contribution in [0.15, 0.2) is 89.9 Å². The molecule has 124 valence electrons. The Hall–Kier alpha value is -2.87. The van der Waals surface area contributed by atoms with E-state index >= 15 is 0 Å². The third-order valence-electron chi connectivity index (χ3n) is 4.64. The molecule has 4 rings (SSSR count). The van der Waals surface area contributed by atoms with Crippen LogP contribution in [-0.2, 0) is 5.54 Å². The van der Waals surface area contributed by atoms with Gasteiger partial charge in [0.15, 0.2) is 5.90 Å². The lowest BCUT2D eigenvalue weighted by Crippen LogP contribution is -2.34. The first-order valence-corrected chi connectivity index (χ1v) is 8.81. The van der Waals surface area contributed by atoms with Crippen molar-refractivity contribution in [2.24, 2.45) is 4.99 Å². The molecule has 3 aromatic rings. The van der Waals surface area contributed by atoms with Crippen molar-refractivity contribution < 1.29 is 4.74 Å². The van der Waals surface area contributed by atoms with Gasteiger partial charge in [-0.2, -0.15) is 0 Å². The van der Waals surface area contributed by atoms with Crippen molar-refractivity contribution in [1.29, 1.82) is 0 Å². The second-order valence-corrected chi connectivity index (χ2v) is 6.30. The zero-order valence-electron chi connectivity index (χ0n) is 14.4.